The minimum absolute atomic E-state index is 1.13. The maximum absolute atomic E-state index is 2.24. The molecule has 0 aliphatic heterocycles. The summed E-state index contributed by atoms with van der Waals surface area (Å²) in [4.78, 5) is 0. The summed E-state index contributed by atoms with van der Waals surface area (Å²) in [6.07, 6.45) is 2.27. The van der Waals surface area contributed by atoms with E-state index in [2.05, 4.69) is 62.4 Å². The SMILES string of the molecule is Cc1cccc(CCc2ccccc2)c1C. The van der Waals surface area contributed by atoms with Gasteiger partial charge in [0.1, 0.15) is 0 Å². The van der Waals surface area contributed by atoms with E-state index in [1.165, 1.54) is 22.3 Å². The van der Waals surface area contributed by atoms with Crippen molar-refractivity contribution >= 4 is 0 Å². The maximum Gasteiger partial charge on any atom is -0.0236 e. The Bertz CT molecular complexity index is 455. The minimum atomic E-state index is 1.13. The van der Waals surface area contributed by atoms with E-state index in [1.807, 2.05) is 0 Å². The largest absolute Gasteiger partial charge is 0.0622 e. The molecule has 0 unspecified atom stereocenters. The van der Waals surface area contributed by atoms with Crippen LogP contribution in [0.5, 0.6) is 0 Å². The summed E-state index contributed by atoms with van der Waals surface area (Å²) in [5, 5.41) is 0. The molecule has 82 valence electrons. The Morgan fingerprint density at radius 3 is 2.25 bits per heavy atom. The number of benzene rings is 2. The second-order valence-corrected chi connectivity index (χ2v) is 4.34. The van der Waals surface area contributed by atoms with Gasteiger partial charge in [-0.1, -0.05) is 48.5 Å². The molecule has 2 aromatic carbocycles. The molecule has 0 heteroatoms. The monoisotopic (exact) mass is 210 g/mol. The highest BCUT2D eigenvalue weighted by molar-refractivity contribution is 5.33. The van der Waals surface area contributed by atoms with Gasteiger partial charge in [0.05, 0.1) is 0 Å². The van der Waals surface area contributed by atoms with Gasteiger partial charge in [0, 0.05) is 0 Å². The summed E-state index contributed by atoms with van der Waals surface area (Å²) in [7, 11) is 0. The topological polar surface area (TPSA) is 0 Å². The van der Waals surface area contributed by atoms with Crippen LogP contribution in [0.1, 0.15) is 22.3 Å². The van der Waals surface area contributed by atoms with Gasteiger partial charge in [-0.3, -0.25) is 0 Å². The average Bonchev–Trinajstić information content (AvgIpc) is 2.32. The Morgan fingerprint density at radius 2 is 1.50 bits per heavy atom. The molecule has 2 rings (SSSR count). The zero-order chi connectivity index (χ0) is 11.4. The van der Waals surface area contributed by atoms with E-state index >= 15 is 0 Å². The van der Waals surface area contributed by atoms with E-state index in [1.54, 1.807) is 0 Å². The highest BCUT2D eigenvalue weighted by Crippen LogP contribution is 2.15. The zero-order valence-electron chi connectivity index (χ0n) is 10.0. The van der Waals surface area contributed by atoms with Crippen molar-refractivity contribution in [2.24, 2.45) is 0 Å². The Balaban J connectivity index is 2.08. The Morgan fingerprint density at radius 1 is 0.750 bits per heavy atom. The van der Waals surface area contributed by atoms with Crippen molar-refractivity contribution in [1.82, 2.24) is 0 Å². The fraction of sp³-hybridized carbons (Fsp3) is 0.250. The number of rotatable bonds is 3. The van der Waals surface area contributed by atoms with Crippen LogP contribution in [0.2, 0.25) is 0 Å². The Hall–Kier alpha value is -1.56. The molecule has 0 saturated carbocycles. The number of aryl methyl sites for hydroxylation is 3. The van der Waals surface area contributed by atoms with Crippen LogP contribution in [-0.2, 0) is 12.8 Å². The number of hydrogen-bond acceptors (Lipinski definition) is 0. The Kier molecular flexibility index (Phi) is 3.40. The van der Waals surface area contributed by atoms with Crippen molar-refractivity contribution in [2.75, 3.05) is 0 Å². The number of hydrogen-bond donors (Lipinski definition) is 0. The third-order valence-corrected chi connectivity index (χ3v) is 3.24. The third-order valence-electron chi connectivity index (χ3n) is 3.24. The second-order valence-electron chi connectivity index (χ2n) is 4.34. The maximum atomic E-state index is 2.24. The van der Waals surface area contributed by atoms with Crippen molar-refractivity contribution in [2.45, 2.75) is 26.7 Å². The molecule has 0 saturated heterocycles. The fourth-order valence-corrected chi connectivity index (χ4v) is 2.01. The third kappa shape index (κ3) is 2.52. The van der Waals surface area contributed by atoms with Crippen molar-refractivity contribution in [3.8, 4) is 0 Å². The summed E-state index contributed by atoms with van der Waals surface area (Å²) in [6, 6.07) is 17.3. The standard InChI is InChI=1S/C16H18/c1-13-7-6-10-16(14(13)2)12-11-15-8-4-3-5-9-15/h3-10H,11-12H2,1-2H3. The molecule has 0 spiro atoms. The molecular formula is C16H18. The molecule has 0 radical (unpaired) electrons. The molecule has 0 heterocycles. The molecule has 0 aliphatic carbocycles. The van der Waals surface area contributed by atoms with E-state index in [9.17, 15) is 0 Å². The molecule has 0 bridgehead atoms. The van der Waals surface area contributed by atoms with Crippen LogP contribution in [0.4, 0.5) is 0 Å². The first kappa shape index (κ1) is 10.9. The molecule has 0 aliphatic rings. The second kappa shape index (κ2) is 4.98. The van der Waals surface area contributed by atoms with Crippen LogP contribution >= 0.6 is 0 Å². The molecule has 0 atom stereocenters. The summed E-state index contributed by atoms with van der Waals surface area (Å²) in [5.74, 6) is 0. The molecule has 0 fully saturated rings. The van der Waals surface area contributed by atoms with E-state index in [4.69, 9.17) is 0 Å². The van der Waals surface area contributed by atoms with Crippen LogP contribution in [0, 0.1) is 13.8 Å². The molecule has 0 nitrogen and oxygen atoms in total. The summed E-state index contributed by atoms with van der Waals surface area (Å²) in [5.41, 5.74) is 5.73. The van der Waals surface area contributed by atoms with Crippen molar-refractivity contribution < 1.29 is 0 Å². The molecule has 0 amide bonds. The normalized spacial score (nSPS) is 10.4. The van der Waals surface area contributed by atoms with Gasteiger partial charge in [-0.15, -0.1) is 0 Å². The highest BCUT2D eigenvalue weighted by Gasteiger charge is 2.00. The fourth-order valence-electron chi connectivity index (χ4n) is 2.01. The lowest BCUT2D eigenvalue weighted by Crippen LogP contribution is -1.95. The average molecular weight is 210 g/mol. The van der Waals surface area contributed by atoms with E-state index in [0.717, 1.165) is 12.8 Å². The van der Waals surface area contributed by atoms with E-state index < -0.39 is 0 Å². The summed E-state index contributed by atoms with van der Waals surface area (Å²) < 4.78 is 0. The molecule has 2 aromatic rings. The Labute approximate surface area is 97.9 Å². The predicted molar refractivity (Wildman–Crippen MR) is 69.8 cm³/mol. The van der Waals surface area contributed by atoms with Gasteiger partial charge in [-0.2, -0.15) is 0 Å². The van der Waals surface area contributed by atoms with Gasteiger partial charge < -0.3 is 0 Å². The van der Waals surface area contributed by atoms with Gasteiger partial charge in [0.2, 0.25) is 0 Å². The molecule has 0 N–H and O–H groups in total. The van der Waals surface area contributed by atoms with E-state index in [0.29, 0.717) is 0 Å². The van der Waals surface area contributed by atoms with Gasteiger partial charge in [-0.05, 0) is 48.9 Å². The van der Waals surface area contributed by atoms with E-state index in [-0.39, 0.29) is 0 Å². The first-order valence-electron chi connectivity index (χ1n) is 5.86. The van der Waals surface area contributed by atoms with Crippen molar-refractivity contribution in [3.63, 3.8) is 0 Å². The zero-order valence-corrected chi connectivity index (χ0v) is 10.0. The molecular weight excluding hydrogens is 192 g/mol. The van der Waals surface area contributed by atoms with Crippen LogP contribution in [-0.4, -0.2) is 0 Å². The quantitative estimate of drug-likeness (QED) is 0.715. The van der Waals surface area contributed by atoms with Gasteiger partial charge in [0.25, 0.3) is 0 Å². The van der Waals surface area contributed by atoms with Crippen LogP contribution in [0.15, 0.2) is 48.5 Å². The predicted octanol–water partition coefficient (Wildman–Crippen LogP) is 4.09. The molecule has 16 heavy (non-hydrogen) atoms. The smallest absolute Gasteiger partial charge is 0.0236 e. The minimum Gasteiger partial charge on any atom is -0.0622 e. The van der Waals surface area contributed by atoms with Crippen LogP contribution in [0.25, 0.3) is 0 Å². The van der Waals surface area contributed by atoms with Gasteiger partial charge >= 0.3 is 0 Å². The first-order chi connectivity index (χ1) is 7.77. The van der Waals surface area contributed by atoms with Gasteiger partial charge in [-0.25, -0.2) is 0 Å². The first-order valence-corrected chi connectivity index (χ1v) is 5.86. The lowest BCUT2D eigenvalue weighted by molar-refractivity contribution is 0.945. The summed E-state index contributed by atoms with van der Waals surface area (Å²) >= 11 is 0. The summed E-state index contributed by atoms with van der Waals surface area (Å²) in [6.45, 7) is 4.40. The highest BCUT2D eigenvalue weighted by atomic mass is 14.1. The lowest BCUT2D eigenvalue weighted by atomic mass is 9.98. The van der Waals surface area contributed by atoms with Crippen LogP contribution < -0.4 is 0 Å². The molecule has 0 aromatic heterocycles. The lowest BCUT2D eigenvalue weighted by Gasteiger charge is -2.08. The van der Waals surface area contributed by atoms with Gasteiger partial charge in [0.15, 0.2) is 0 Å². The van der Waals surface area contributed by atoms with Crippen molar-refractivity contribution in [1.29, 1.82) is 0 Å². The van der Waals surface area contributed by atoms with Crippen molar-refractivity contribution in [3.05, 3.63) is 70.8 Å². The van der Waals surface area contributed by atoms with Crippen LogP contribution in [0.3, 0.4) is 0 Å².